The largest absolute Gasteiger partial charge is 0.309 e. The summed E-state index contributed by atoms with van der Waals surface area (Å²) < 4.78 is 7.49. The van der Waals surface area contributed by atoms with Gasteiger partial charge in [-0.05, 0) is 66.7 Å². The summed E-state index contributed by atoms with van der Waals surface area (Å²) in [6, 6.07) is 66.7. The number of hydrogen-bond acceptors (Lipinski definition) is 4. The molecular formula is C51H31N5S. The smallest absolute Gasteiger partial charge is 0.164 e. The van der Waals surface area contributed by atoms with Crippen LogP contribution < -0.4 is 0 Å². The monoisotopic (exact) mass is 745 g/mol. The molecular weight excluding hydrogens is 715 g/mol. The van der Waals surface area contributed by atoms with Gasteiger partial charge in [-0.15, -0.1) is 11.3 Å². The van der Waals surface area contributed by atoms with E-state index in [0.29, 0.717) is 17.5 Å². The molecule has 0 aliphatic heterocycles. The summed E-state index contributed by atoms with van der Waals surface area (Å²) in [7, 11) is 0. The maximum absolute atomic E-state index is 5.00. The summed E-state index contributed by atoms with van der Waals surface area (Å²) in [5.74, 6) is 1.93. The fraction of sp³-hybridized carbons (Fsp3) is 0. The van der Waals surface area contributed by atoms with Crippen LogP contribution in [0.2, 0.25) is 0 Å². The molecule has 266 valence electrons. The van der Waals surface area contributed by atoms with Gasteiger partial charge in [0.1, 0.15) is 0 Å². The second-order valence-electron chi connectivity index (χ2n) is 14.4. The molecule has 12 rings (SSSR count). The number of fused-ring (bicyclic) bond motifs is 10. The van der Waals surface area contributed by atoms with Crippen LogP contribution in [0.1, 0.15) is 0 Å². The van der Waals surface area contributed by atoms with Crippen LogP contribution in [0.25, 0.3) is 109 Å². The highest BCUT2D eigenvalue weighted by Gasteiger charge is 2.21. The minimum Gasteiger partial charge on any atom is -0.309 e. The molecule has 0 fully saturated rings. The van der Waals surface area contributed by atoms with Gasteiger partial charge in [0.25, 0.3) is 0 Å². The second-order valence-corrected chi connectivity index (χ2v) is 15.5. The molecule has 0 N–H and O–H groups in total. The zero-order valence-electron chi connectivity index (χ0n) is 30.5. The minimum atomic E-state index is 0.636. The van der Waals surface area contributed by atoms with Crippen molar-refractivity contribution in [1.29, 1.82) is 0 Å². The lowest BCUT2D eigenvalue weighted by molar-refractivity contribution is 1.07. The van der Waals surface area contributed by atoms with E-state index in [1.165, 1.54) is 58.3 Å². The van der Waals surface area contributed by atoms with Crippen molar-refractivity contribution in [3.63, 3.8) is 0 Å². The van der Waals surface area contributed by atoms with E-state index in [-0.39, 0.29) is 0 Å². The van der Waals surface area contributed by atoms with E-state index in [2.05, 4.69) is 137 Å². The van der Waals surface area contributed by atoms with Gasteiger partial charge in [0, 0.05) is 69.8 Å². The van der Waals surface area contributed by atoms with E-state index in [4.69, 9.17) is 15.0 Å². The van der Waals surface area contributed by atoms with Crippen LogP contribution in [0.5, 0.6) is 0 Å². The predicted octanol–water partition coefficient (Wildman–Crippen LogP) is 13.4. The quantitative estimate of drug-likeness (QED) is 0.176. The van der Waals surface area contributed by atoms with Crippen LogP contribution in [-0.2, 0) is 0 Å². The fourth-order valence-corrected chi connectivity index (χ4v) is 9.69. The van der Waals surface area contributed by atoms with Crippen LogP contribution in [0.15, 0.2) is 188 Å². The van der Waals surface area contributed by atoms with Crippen molar-refractivity contribution in [2.75, 3.05) is 0 Å². The second kappa shape index (κ2) is 12.6. The van der Waals surface area contributed by atoms with E-state index in [0.717, 1.165) is 33.6 Å². The summed E-state index contributed by atoms with van der Waals surface area (Å²) in [6.07, 6.45) is 0. The molecule has 6 heteroatoms. The Kier molecular flexibility index (Phi) is 7.03. The molecule has 5 nitrogen and oxygen atoms in total. The number of rotatable bonds is 5. The zero-order chi connectivity index (χ0) is 37.5. The number of benzene rings is 8. The number of thiophene rings is 1. The average Bonchev–Trinajstić information content (AvgIpc) is 3.94. The topological polar surface area (TPSA) is 48.5 Å². The number of para-hydroxylation sites is 2. The molecule has 0 spiro atoms. The van der Waals surface area contributed by atoms with Gasteiger partial charge in [-0.3, -0.25) is 0 Å². The molecule has 57 heavy (non-hydrogen) atoms. The molecule has 12 aromatic rings. The van der Waals surface area contributed by atoms with E-state index in [1.54, 1.807) is 0 Å². The highest BCUT2D eigenvalue weighted by Crippen LogP contribution is 2.43. The van der Waals surface area contributed by atoms with Crippen LogP contribution in [0, 0.1) is 0 Å². The molecule has 0 aliphatic rings. The SMILES string of the molecule is c1ccc(-c2nc(-c3ccccc3)nc(-c3ccc(-n4c5ccccc5c5ccc6c(c7ccccc7n6-c6ccc7sc8ccccc8c7c6)c54)cc3)n2)cc1. The Labute approximate surface area is 331 Å². The lowest BCUT2D eigenvalue weighted by Crippen LogP contribution is -2.00. The van der Waals surface area contributed by atoms with Crippen LogP contribution in [0.4, 0.5) is 0 Å². The fourth-order valence-electron chi connectivity index (χ4n) is 8.61. The first-order valence-electron chi connectivity index (χ1n) is 19.1. The molecule has 0 radical (unpaired) electrons. The zero-order valence-corrected chi connectivity index (χ0v) is 31.4. The first kappa shape index (κ1) is 31.9. The lowest BCUT2D eigenvalue weighted by Gasteiger charge is -2.12. The number of hydrogen-bond donors (Lipinski definition) is 0. The van der Waals surface area contributed by atoms with Crippen molar-refractivity contribution in [2.24, 2.45) is 0 Å². The van der Waals surface area contributed by atoms with E-state index >= 15 is 0 Å². The van der Waals surface area contributed by atoms with Crippen LogP contribution in [0.3, 0.4) is 0 Å². The van der Waals surface area contributed by atoms with Gasteiger partial charge in [0.15, 0.2) is 17.5 Å². The molecule has 0 unspecified atom stereocenters. The molecule has 0 atom stereocenters. The van der Waals surface area contributed by atoms with Crippen molar-refractivity contribution < 1.29 is 0 Å². The molecule has 0 saturated carbocycles. The highest BCUT2D eigenvalue weighted by atomic mass is 32.1. The van der Waals surface area contributed by atoms with Crippen LogP contribution >= 0.6 is 11.3 Å². The molecule has 0 saturated heterocycles. The minimum absolute atomic E-state index is 0.636. The first-order valence-corrected chi connectivity index (χ1v) is 19.9. The lowest BCUT2D eigenvalue weighted by atomic mass is 10.1. The Morgan fingerprint density at radius 3 is 1.54 bits per heavy atom. The van der Waals surface area contributed by atoms with Gasteiger partial charge in [0.2, 0.25) is 0 Å². The van der Waals surface area contributed by atoms with Gasteiger partial charge >= 0.3 is 0 Å². The molecule has 8 aromatic carbocycles. The van der Waals surface area contributed by atoms with Gasteiger partial charge in [-0.1, -0.05) is 121 Å². The third-order valence-electron chi connectivity index (χ3n) is 11.2. The third kappa shape index (κ3) is 4.98. The summed E-state index contributed by atoms with van der Waals surface area (Å²) in [5, 5.41) is 7.49. The number of aromatic nitrogens is 5. The molecule has 0 bridgehead atoms. The van der Waals surface area contributed by atoms with Gasteiger partial charge < -0.3 is 9.13 Å². The summed E-state index contributed by atoms with van der Waals surface area (Å²) in [4.78, 5) is 14.9. The highest BCUT2D eigenvalue weighted by molar-refractivity contribution is 7.25. The Hall–Kier alpha value is -7.41. The summed E-state index contributed by atoms with van der Waals surface area (Å²) >= 11 is 1.85. The van der Waals surface area contributed by atoms with Crippen molar-refractivity contribution in [1.82, 2.24) is 24.1 Å². The number of nitrogens with zero attached hydrogens (tertiary/aromatic N) is 5. The van der Waals surface area contributed by atoms with Gasteiger partial charge in [-0.25, -0.2) is 15.0 Å². The van der Waals surface area contributed by atoms with Gasteiger partial charge in [0.05, 0.1) is 22.1 Å². The Bertz CT molecular complexity index is 3450. The first-order chi connectivity index (χ1) is 28.3. The van der Waals surface area contributed by atoms with Crippen molar-refractivity contribution in [3.05, 3.63) is 188 Å². The summed E-state index contributed by atoms with van der Waals surface area (Å²) in [5.41, 5.74) is 9.77. The Morgan fingerprint density at radius 2 is 0.860 bits per heavy atom. The maximum atomic E-state index is 5.00. The van der Waals surface area contributed by atoms with E-state index < -0.39 is 0 Å². The third-order valence-corrected chi connectivity index (χ3v) is 12.3. The van der Waals surface area contributed by atoms with Crippen molar-refractivity contribution >= 4 is 75.1 Å². The molecule has 4 aromatic heterocycles. The van der Waals surface area contributed by atoms with Gasteiger partial charge in [-0.2, -0.15) is 0 Å². The molecule has 0 amide bonds. The Morgan fingerprint density at radius 1 is 0.333 bits per heavy atom. The normalized spacial score (nSPS) is 11.9. The Balaban J connectivity index is 1.07. The van der Waals surface area contributed by atoms with E-state index in [9.17, 15) is 0 Å². The van der Waals surface area contributed by atoms with Crippen molar-refractivity contribution in [2.45, 2.75) is 0 Å². The maximum Gasteiger partial charge on any atom is 0.164 e. The van der Waals surface area contributed by atoms with E-state index in [1.807, 2.05) is 72.0 Å². The average molecular weight is 746 g/mol. The predicted molar refractivity (Wildman–Crippen MR) is 238 cm³/mol. The summed E-state index contributed by atoms with van der Waals surface area (Å²) in [6.45, 7) is 0. The standard InChI is InChI=1S/C51H31N5S/c1-3-13-32(14-4-1)49-52-50(33-15-5-2-6-16-33)54-51(53-49)34-23-25-35(26-24-34)56-42-20-10-7-17-37(42)39-28-29-44-47(48(39)56)40-19-8-11-21-43(40)55(44)36-27-30-46-41(31-36)38-18-9-12-22-45(38)57-46/h1-31H. The van der Waals surface area contributed by atoms with Crippen molar-refractivity contribution in [3.8, 4) is 45.5 Å². The molecule has 0 aliphatic carbocycles. The molecule has 4 heterocycles. The van der Waals surface area contributed by atoms with Crippen LogP contribution in [-0.4, -0.2) is 24.1 Å².